The average molecular weight is 325 g/mol. The van der Waals surface area contributed by atoms with Crippen LogP contribution in [0.3, 0.4) is 0 Å². The first-order valence-corrected chi connectivity index (χ1v) is 7.61. The molecule has 0 spiro atoms. The summed E-state index contributed by atoms with van der Waals surface area (Å²) in [5.41, 5.74) is 5.77. The Morgan fingerprint density at radius 1 is 1.27 bits per heavy atom. The van der Waals surface area contributed by atoms with Crippen LogP contribution in [0.2, 0.25) is 5.02 Å². The van der Waals surface area contributed by atoms with Crippen LogP contribution in [0.1, 0.15) is 36.0 Å². The second-order valence-corrected chi connectivity index (χ2v) is 6.04. The van der Waals surface area contributed by atoms with Gasteiger partial charge in [0.2, 0.25) is 12.7 Å². The summed E-state index contributed by atoms with van der Waals surface area (Å²) in [5.74, 6) is 0.223. The van der Waals surface area contributed by atoms with Crippen molar-refractivity contribution in [1.82, 2.24) is 5.32 Å². The summed E-state index contributed by atoms with van der Waals surface area (Å²) in [7, 11) is 0. The fourth-order valence-electron chi connectivity index (χ4n) is 2.95. The molecule has 22 heavy (non-hydrogen) atoms. The molecule has 1 aliphatic heterocycles. The summed E-state index contributed by atoms with van der Waals surface area (Å²) in [6.45, 7) is 0.100. The van der Waals surface area contributed by atoms with Gasteiger partial charge < -0.3 is 20.5 Å². The molecule has 0 saturated heterocycles. The predicted octanol–water partition coefficient (Wildman–Crippen LogP) is 1.84. The third kappa shape index (κ3) is 2.97. The van der Waals surface area contributed by atoms with Crippen LogP contribution in [0.15, 0.2) is 12.1 Å². The molecule has 3 N–H and O–H groups in total. The van der Waals surface area contributed by atoms with Gasteiger partial charge in [0.1, 0.15) is 0 Å². The number of carbonyl (C=O) groups is 2. The van der Waals surface area contributed by atoms with E-state index in [2.05, 4.69) is 5.32 Å². The second kappa shape index (κ2) is 6.04. The minimum Gasteiger partial charge on any atom is -0.454 e. The Kier molecular flexibility index (Phi) is 4.11. The number of nitrogens with two attached hydrogens (primary N) is 1. The van der Waals surface area contributed by atoms with Gasteiger partial charge in [-0.2, -0.15) is 0 Å². The highest BCUT2D eigenvalue weighted by atomic mass is 35.5. The number of fused-ring (bicyclic) bond motifs is 1. The highest BCUT2D eigenvalue weighted by Crippen LogP contribution is 2.39. The van der Waals surface area contributed by atoms with Crippen molar-refractivity contribution < 1.29 is 19.1 Å². The predicted molar refractivity (Wildman–Crippen MR) is 80.0 cm³/mol. The van der Waals surface area contributed by atoms with E-state index in [1.807, 2.05) is 0 Å². The fourth-order valence-corrected chi connectivity index (χ4v) is 3.21. The minimum absolute atomic E-state index is 0.0528. The van der Waals surface area contributed by atoms with Gasteiger partial charge in [0, 0.05) is 17.5 Å². The van der Waals surface area contributed by atoms with E-state index in [1.54, 1.807) is 12.1 Å². The molecular formula is C15H17ClN2O4. The zero-order valence-corrected chi connectivity index (χ0v) is 12.7. The van der Waals surface area contributed by atoms with Crippen molar-refractivity contribution in [3.8, 4) is 11.5 Å². The lowest BCUT2D eigenvalue weighted by Gasteiger charge is -2.28. The van der Waals surface area contributed by atoms with Crippen molar-refractivity contribution in [2.24, 2.45) is 11.7 Å². The van der Waals surface area contributed by atoms with E-state index in [0.29, 0.717) is 28.5 Å². The van der Waals surface area contributed by atoms with Gasteiger partial charge in [-0.25, -0.2) is 0 Å². The van der Waals surface area contributed by atoms with Crippen LogP contribution in [0, 0.1) is 5.92 Å². The third-order valence-electron chi connectivity index (χ3n) is 4.10. The second-order valence-electron chi connectivity index (χ2n) is 5.63. The Hall–Kier alpha value is -1.95. The number of ether oxygens (including phenoxy) is 2. The summed E-state index contributed by atoms with van der Waals surface area (Å²) in [5, 5.41) is 3.28. The van der Waals surface area contributed by atoms with Crippen molar-refractivity contribution in [2.75, 3.05) is 6.79 Å². The number of hydrogen-bond acceptors (Lipinski definition) is 4. The van der Waals surface area contributed by atoms with E-state index in [9.17, 15) is 9.59 Å². The van der Waals surface area contributed by atoms with Crippen LogP contribution >= 0.6 is 11.6 Å². The van der Waals surface area contributed by atoms with Crippen molar-refractivity contribution in [3.63, 3.8) is 0 Å². The highest BCUT2D eigenvalue weighted by Gasteiger charge is 2.27. The monoisotopic (exact) mass is 324 g/mol. The first-order chi connectivity index (χ1) is 10.5. The Balaban J connectivity index is 1.70. The molecule has 2 amide bonds. The standard InChI is InChI=1S/C15H17ClN2O4/c16-11-5-9(6-12-13(11)22-7-21-12)15(20)18-10-3-1-2-8(4-10)14(17)19/h5-6,8,10H,1-4,7H2,(H2,17,19)(H,18,20)/t8-,10-/m0/s1. The Morgan fingerprint density at radius 3 is 2.86 bits per heavy atom. The molecule has 7 heteroatoms. The molecule has 0 radical (unpaired) electrons. The fraction of sp³-hybridized carbons (Fsp3) is 0.467. The molecule has 0 bridgehead atoms. The van der Waals surface area contributed by atoms with Crippen molar-refractivity contribution in [3.05, 3.63) is 22.7 Å². The van der Waals surface area contributed by atoms with E-state index < -0.39 is 0 Å². The third-order valence-corrected chi connectivity index (χ3v) is 4.38. The van der Waals surface area contributed by atoms with Crippen LogP contribution in [0.25, 0.3) is 0 Å². The number of benzene rings is 1. The van der Waals surface area contributed by atoms with Crippen molar-refractivity contribution in [2.45, 2.75) is 31.7 Å². The van der Waals surface area contributed by atoms with E-state index in [-0.39, 0.29) is 30.6 Å². The quantitative estimate of drug-likeness (QED) is 0.887. The molecule has 3 rings (SSSR count). The number of primary amides is 1. The maximum atomic E-state index is 12.4. The number of hydrogen-bond donors (Lipinski definition) is 2. The molecule has 1 aromatic carbocycles. The van der Waals surface area contributed by atoms with Crippen molar-refractivity contribution in [1.29, 1.82) is 0 Å². The molecule has 0 unspecified atom stereocenters. The van der Waals surface area contributed by atoms with Crippen LogP contribution < -0.4 is 20.5 Å². The highest BCUT2D eigenvalue weighted by molar-refractivity contribution is 6.32. The zero-order chi connectivity index (χ0) is 15.7. The Labute approximate surface area is 132 Å². The van der Waals surface area contributed by atoms with Gasteiger partial charge in [0.25, 0.3) is 5.91 Å². The zero-order valence-electron chi connectivity index (χ0n) is 11.9. The Morgan fingerprint density at radius 2 is 2.09 bits per heavy atom. The van der Waals surface area contributed by atoms with Gasteiger partial charge in [-0.05, 0) is 31.4 Å². The summed E-state index contributed by atoms with van der Waals surface area (Å²) < 4.78 is 10.5. The number of amides is 2. The topological polar surface area (TPSA) is 90.7 Å². The van der Waals surface area contributed by atoms with Gasteiger partial charge in [0.15, 0.2) is 11.5 Å². The van der Waals surface area contributed by atoms with Gasteiger partial charge in [-0.15, -0.1) is 0 Å². The molecule has 0 aromatic heterocycles. The van der Waals surface area contributed by atoms with Crippen LogP contribution in [-0.2, 0) is 4.79 Å². The summed E-state index contributed by atoms with van der Waals surface area (Å²) >= 11 is 6.08. The SMILES string of the molecule is NC(=O)[C@H]1CCC[C@H](NC(=O)c2cc(Cl)c3c(c2)OCO3)C1. The lowest BCUT2D eigenvalue weighted by Crippen LogP contribution is -2.41. The summed E-state index contributed by atoms with van der Waals surface area (Å²) in [6, 6.07) is 3.11. The minimum atomic E-state index is -0.301. The number of nitrogens with one attached hydrogen (secondary N) is 1. The molecule has 1 saturated carbocycles. The van der Waals surface area contributed by atoms with E-state index in [4.69, 9.17) is 26.8 Å². The molecule has 2 aliphatic rings. The number of carbonyl (C=O) groups excluding carboxylic acids is 2. The summed E-state index contributed by atoms with van der Waals surface area (Å²) in [4.78, 5) is 23.6. The largest absolute Gasteiger partial charge is 0.454 e. The molecule has 1 aliphatic carbocycles. The van der Waals surface area contributed by atoms with Gasteiger partial charge in [0.05, 0.1) is 5.02 Å². The maximum Gasteiger partial charge on any atom is 0.251 e. The Bertz CT molecular complexity index is 620. The maximum absolute atomic E-state index is 12.4. The summed E-state index contributed by atoms with van der Waals surface area (Å²) in [6.07, 6.45) is 3.09. The normalized spacial score (nSPS) is 23.1. The number of halogens is 1. The molecule has 1 fully saturated rings. The molecule has 118 valence electrons. The smallest absolute Gasteiger partial charge is 0.251 e. The lowest BCUT2D eigenvalue weighted by molar-refractivity contribution is -0.122. The van der Waals surface area contributed by atoms with Gasteiger partial charge in [-0.3, -0.25) is 9.59 Å². The lowest BCUT2D eigenvalue weighted by atomic mass is 9.85. The molecule has 6 nitrogen and oxygen atoms in total. The van der Waals surface area contributed by atoms with E-state index in [0.717, 1.165) is 19.3 Å². The first kappa shape index (κ1) is 15.0. The van der Waals surface area contributed by atoms with Gasteiger partial charge in [-0.1, -0.05) is 18.0 Å². The van der Waals surface area contributed by atoms with Crippen LogP contribution in [0.4, 0.5) is 0 Å². The van der Waals surface area contributed by atoms with E-state index >= 15 is 0 Å². The van der Waals surface area contributed by atoms with E-state index in [1.165, 1.54) is 0 Å². The molecule has 1 aromatic rings. The molecule has 1 heterocycles. The van der Waals surface area contributed by atoms with Crippen LogP contribution in [0.5, 0.6) is 11.5 Å². The number of rotatable bonds is 3. The molecule has 2 atom stereocenters. The van der Waals surface area contributed by atoms with Crippen LogP contribution in [-0.4, -0.2) is 24.6 Å². The average Bonchev–Trinajstić information content (AvgIpc) is 2.96. The first-order valence-electron chi connectivity index (χ1n) is 7.24. The van der Waals surface area contributed by atoms with Gasteiger partial charge >= 0.3 is 0 Å². The van der Waals surface area contributed by atoms with Crippen molar-refractivity contribution >= 4 is 23.4 Å². The molecular weight excluding hydrogens is 308 g/mol.